The Morgan fingerprint density at radius 2 is 1.65 bits per heavy atom. The Morgan fingerprint density at radius 3 is 2.22 bits per heavy atom. The predicted molar refractivity (Wildman–Crippen MR) is 84.6 cm³/mol. The summed E-state index contributed by atoms with van der Waals surface area (Å²) in [5.41, 5.74) is 2.62. The normalized spacial score (nSPS) is 10.5. The zero-order valence-electron chi connectivity index (χ0n) is 12.9. The molecule has 0 bridgehead atoms. The number of carboxylic acid groups (broad SMARTS) is 2. The number of benzene rings is 1. The highest BCUT2D eigenvalue weighted by atomic mass is 16.5. The van der Waals surface area contributed by atoms with Crippen molar-refractivity contribution in [3.05, 3.63) is 42.1 Å². The summed E-state index contributed by atoms with van der Waals surface area (Å²) in [6, 6.07) is 11.2. The standard InChI is InChI=1S/C17H19NO5/c1-23-14-6-2-12(3-7-14)15-8-4-13(5-9-16(19)20)18(15)11-10-17(21)22/h2-4,6-8H,5,9-11H2,1H3,(H,19,20)(H,21,22). The fourth-order valence-corrected chi connectivity index (χ4v) is 2.45. The van der Waals surface area contributed by atoms with E-state index in [0.29, 0.717) is 13.0 Å². The second-order valence-corrected chi connectivity index (χ2v) is 5.13. The summed E-state index contributed by atoms with van der Waals surface area (Å²) < 4.78 is 7.01. The molecular formula is C17H19NO5. The molecule has 0 aliphatic carbocycles. The van der Waals surface area contributed by atoms with Crippen LogP contribution in [0.15, 0.2) is 36.4 Å². The molecule has 0 aliphatic heterocycles. The molecule has 0 amide bonds. The molecule has 0 fully saturated rings. The number of carbonyl (C=O) groups is 2. The highest BCUT2D eigenvalue weighted by Gasteiger charge is 2.12. The minimum absolute atomic E-state index is 0.0130. The summed E-state index contributed by atoms with van der Waals surface area (Å²) in [6.07, 6.45) is 0.363. The van der Waals surface area contributed by atoms with Crippen molar-refractivity contribution >= 4 is 11.9 Å². The number of ether oxygens (including phenoxy) is 1. The predicted octanol–water partition coefficient (Wildman–Crippen LogP) is 2.66. The molecule has 0 saturated heterocycles. The van der Waals surface area contributed by atoms with Gasteiger partial charge in [0.05, 0.1) is 20.0 Å². The van der Waals surface area contributed by atoms with Crippen LogP contribution in [0.2, 0.25) is 0 Å². The number of aliphatic carboxylic acids is 2. The van der Waals surface area contributed by atoms with Gasteiger partial charge in [0, 0.05) is 17.9 Å². The molecule has 0 unspecified atom stereocenters. The molecule has 1 aromatic heterocycles. The summed E-state index contributed by atoms with van der Waals surface area (Å²) in [6.45, 7) is 0.304. The first-order valence-corrected chi connectivity index (χ1v) is 7.27. The third kappa shape index (κ3) is 4.35. The molecule has 23 heavy (non-hydrogen) atoms. The van der Waals surface area contributed by atoms with Crippen molar-refractivity contribution in [1.29, 1.82) is 0 Å². The molecule has 0 aliphatic rings. The van der Waals surface area contributed by atoms with Crippen LogP contribution in [-0.2, 0) is 22.6 Å². The molecule has 0 atom stereocenters. The first kappa shape index (κ1) is 16.6. The van der Waals surface area contributed by atoms with E-state index in [-0.39, 0.29) is 12.8 Å². The Labute approximate surface area is 133 Å². The lowest BCUT2D eigenvalue weighted by atomic mass is 10.1. The molecular weight excluding hydrogens is 298 g/mol. The lowest BCUT2D eigenvalue weighted by Gasteiger charge is -2.13. The van der Waals surface area contributed by atoms with Gasteiger partial charge in [-0.25, -0.2) is 0 Å². The second kappa shape index (κ2) is 7.49. The van der Waals surface area contributed by atoms with E-state index in [1.807, 2.05) is 41.0 Å². The van der Waals surface area contributed by atoms with Crippen LogP contribution in [0, 0.1) is 0 Å². The molecule has 0 spiro atoms. The minimum atomic E-state index is -0.886. The Hall–Kier alpha value is -2.76. The number of methoxy groups -OCH3 is 1. The van der Waals surface area contributed by atoms with Gasteiger partial charge in [0.25, 0.3) is 0 Å². The lowest BCUT2D eigenvalue weighted by Crippen LogP contribution is -2.10. The van der Waals surface area contributed by atoms with Crippen molar-refractivity contribution in [1.82, 2.24) is 4.57 Å². The summed E-state index contributed by atoms with van der Waals surface area (Å²) >= 11 is 0. The summed E-state index contributed by atoms with van der Waals surface area (Å²) in [5, 5.41) is 17.8. The zero-order chi connectivity index (χ0) is 16.8. The van der Waals surface area contributed by atoms with Gasteiger partial charge < -0.3 is 19.5 Å². The number of rotatable bonds is 8. The van der Waals surface area contributed by atoms with Gasteiger partial charge in [0.1, 0.15) is 5.75 Å². The van der Waals surface area contributed by atoms with Gasteiger partial charge >= 0.3 is 11.9 Å². The Kier molecular flexibility index (Phi) is 5.41. The van der Waals surface area contributed by atoms with Gasteiger partial charge in [0.15, 0.2) is 0 Å². The highest BCUT2D eigenvalue weighted by Crippen LogP contribution is 2.26. The Balaban J connectivity index is 2.32. The van der Waals surface area contributed by atoms with Crippen LogP contribution < -0.4 is 4.74 Å². The molecule has 1 heterocycles. The van der Waals surface area contributed by atoms with E-state index in [1.165, 1.54) is 0 Å². The molecule has 2 rings (SSSR count). The highest BCUT2D eigenvalue weighted by molar-refractivity contribution is 5.68. The smallest absolute Gasteiger partial charge is 0.305 e. The van der Waals surface area contributed by atoms with Crippen LogP contribution in [0.3, 0.4) is 0 Å². The van der Waals surface area contributed by atoms with Crippen LogP contribution >= 0.6 is 0 Å². The first-order valence-electron chi connectivity index (χ1n) is 7.27. The molecule has 0 radical (unpaired) electrons. The zero-order valence-corrected chi connectivity index (χ0v) is 12.9. The van der Waals surface area contributed by atoms with Gasteiger partial charge in [-0.3, -0.25) is 9.59 Å². The van der Waals surface area contributed by atoms with E-state index in [0.717, 1.165) is 22.7 Å². The number of aryl methyl sites for hydroxylation is 1. The van der Waals surface area contributed by atoms with Crippen molar-refractivity contribution in [2.75, 3.05) is 7.11 Å². The Morgan fingerprint density at radius 1 is 1.00 bits per heavy atom. The van der Waals surface area contributed by atoms with Crippen molar-refractivity contribution in [2.45, 2.75) is 25.8 Å². The summed E-state index contributed by atoms with van der Waals surface area (Å²) in [7, 11) is 1.59. The van der Waals surface area contributed by atoms with E-state index >= 15 is 0 Å². The van der Waals surface area contributed by atoms with Gasteiger partial charge in [-0.15, -0.1) is 0 Å². The summed E-state index contributed by atoms with van der Waals surface area (Å²) in [4.78, 5) is 21.7. The van der Waals surface area contributed by atoms with Gasteiger partial charge in [-0.1, -0.05) is 0 Å². The number of carboxylic acids is 2. The number of aromatic nitrogens is 1. The van der Waals surface area contributed by atoms with Crippen molar-refractivity contribution in [3.63, 3.8) is 0 Å². The van der Waals surface area contributed by atoms with E-state index < -0.39 is 11.9 Å². The molecule has 122 valence electrons. The van der Waals surface area contributed by atoms with Crippen LogP contribution in [-0.4, -0.2) is 33.8 Å². The van der Waals surface area contributed by atoms with Crippen LogP contribution in [0.25, 0.3) is 11.3 Å². The van der Waals surface area contributed by atoms with Gasteiger partial charge in [-0.05, 0) is 48.4 Å². The SMILES string of the molecule is COc1ccc(-c2ccc(CCC(=O)O)n2CCC(=O)O)cc1. The fraction of sp³-hybridized carbons (Fsp3) is 0.294. The first-order chi connectivity index (χ1) is 11.0. The maximum atomic E-state index is 10.9. The quantitative estimate of drug-likeness (QED) is 0.781. The molecule has 2 N–H and O–H groups in total. The van der Waals surface area contributed by atoms with Crippen LogP contribution in [0.4, 0.5) is 0 Å². The molecule has 6 heteroatoms. The fourth-order valence-electron chi connectivity index (χ4n) is 2.45. The van der Waals surface area contributed by atoms with Gasteiger partial charge in [-0.2, -0.15) is 0 Å². The average molecular weight is 317 g/mol. The molecule has 6 nitrogen and oxygen atoms in total. The summed E-state index contributed by atoms with van der Waals surface area (Å²) in [5.74, 6) is -1.02. The third-order valence-electron chi connectivity index (χ3n) is 3.60. The number of hydrogen-bond acceptors (Lipinski definition) is 3. The van der Waals surface area contributed by atoms with Gasteiger partial charge in [0.2, 0.25) is 0 Å². The molecule has 0 saturated carbocycles. The topological polar surface area (TPSA) is 88.8 Å². The maximum Gasteiger partial charge on any atom is 0.305 e. The van der Waals surface area contributed by atoms with E-state index in [2.05, 4.69) is 0 Å². The maximum absolute atomic E-state index is 10.9. The number of nitrogens with zero attached hydrogens (tertiary/aromatic N) is 1. The third-order valence-corrected chi connectivity index (χ3v) is 3.60. The van der Waals surface area contributed by atoms with E-state index in [9.17, 15) is 9.59 Å². The van der Waals surface area contributed by atoms with Crippen LogP contribution in [0.1, 0.15) is 18.5 Å². The lowest BCUT2D eigenvalue weighted by molar-refractivity contribution is -0.138. The van der Waals surface area contributed by atoms with E-state index in [4.69, 9.17) is 14.9 Å². The second-order valence-electron chi connectivity index (χ2n) is 5.13. The monoisotopic (exact) mass is 317 g/mol. The van der Waals surface area contributed by atoms with Crippen molar-refractivity contribution < 1.29 is 24.5 Å². The van der Waals surface area contributed by atoms with E-state index in [1.54, 1.807) is 7.11 Å². The average Bonchev–Trinajstić information content (AvgIpc) is 2.93. The molecule has 1 aromatic carbocycles. The van der Waals surface area contributed by atoms with Crippen molar-refractivity contribution in [2.24, 2.45) is 0 Å². The molecule has 2 aromatic rings. The van der Waals surface area contributed by atoms with Crippen LogP contribution in [0.5, 0.6) is 5.75 Å². The number of hydrogen-bond donors (Lipinski definition) is 2. The van der Waals surface area contributed by atoms with Crippen molar-refractivity contribution in [3.8, 4) is 17.0 Å². The minimum Gasteiger partial charge on any atom is -0.497 e. The Bertz CT molecular complexity index is 688. The largest absolute Gasteiger partial charge is 0.497 e.